The maximum Gasteiger partial charge on any atom is 0.237 e. The van der Waals surface area contributed by atoms with Gasteiger partial charge in [-0.1, -0.05) is 19.8 Å². The van der Waals surface area contributed by atoms with E-state index in [1.165, 1.54) is 25.7 Å². The Morgan fingerprint density at radius 2 is 2.19 bits per heavy atom. The van der Waals surface area contributed by atoms with Crippen molar-refractivity contribution in [3.63, 3.8) is 0 Å². The minimum absolute atomic E-state index is 0.180. The van der Waals surface area contributed by atoms with Crippen molar-refractivity contribution in [2.75, 3.05) is 19.7 Å². The fourth-order valence-corrected chi connectivity index (χ4v) is 4.69. The fraction of sp³-hybridized carbons (Fsp3) is 0.938. The molecule has 1 heterocycles. The molecule has 2 aliphatic carbocycles. The molecule has 4 atom stereocenters. The number of morpholine rings is 1. The van der Waals surface area contributed by atoms with E-state index in [0.29, 0.717) is 18.2 Å². The topological polar surface area (TPSA) is 67.6 Å². The Balaban J connectivity index is 1.71. The number of carbonyl (C=O) groups is 1. The number of rotatable bonds is 4. The highest BCUT2D eigenvalue weighted by molar-refractivity contribution is 5.85. The van der Waals surface area contributed by atoms with Crippen LogP contribution in [0.2, 0.25) is 0 Å². The monoisotopic (exact) mass is 295 g/mol. The van der Waals surface area contributed by atoms with E-state index in [0.717, 1.165) is 39.0 Å². The van der Waals surface area contributed by atoms with Crippen molar-refractivity contribution in [1.29, 1.82) is 0 Å². The summed E-state index contributed by atoms with van der Waals surface area (Å²) in [6.45, 7) is 4.68. The van der Waals surface area contributed by atoms with Crippen LogP contribution in [0.15, 0.2) is 0 Å². The number of fused-ring (bicyclic) bond motifs is 1. The summed E-state index contributed by atoms with van der Waals surface area (Å²) in [5, 5.41) is 3.37. The molecule has 5 nitrogen and oxygen atoms in total. The van der Waals surface area contributed by atoms with Gasteiger partial charge in [0.2, 0.25) is 5.91 Å². The number of nitrogens with one attached hydrogen (secondary N) is 1. The molecule has 0 aromatic rings. The quantitative estimate of drug-likeness (QED) is 0.812. The number of hydrogen-bond acceptors (Lipinski definition) is 4. The predicted molar refractivity (Wildman–Crippen MR) is 81.9 cm³/mol. The maximum atomic E-state index is 11.9. The molecule has 3 fully saturated rings. The Morgan fingerprint density at radius 1 is 1.38 bits per heavy atom. The van der Waals surface area contributed by atoms with Gasteiger partial charge in [-0.25, -0.2) is 0 Å². The first kappa shape index (κ1) is 15.3. The number of primary amides is 1. The van der Waals surface area contributed by atoms with E-state index in [9.17, 15) is 4.79 Å². The second kappa shape index (κ2) is 6.23. The summed E-state index contributed by atoms with van der Waals surface area (Å²) in [7, 11) is 0. The van der Waals surface area contributed by atoms with Crippen LogP contribution in [-0.2, 0) is 9.53 Å². The molecule has 1 amide bonds. The molecule has 2 saturated carbocycles. The molecule has 0 aromatic heterocycles. The molecule has 0 bridgehead atoms. The van der Waals surface area contributed by atoms with E-state index >= 15 is 0 Å². The van der Waals surface area contributed by atoms with Crippen molar-refractivity contribution in [3.05, 3.63) is 0 Å². The number of hydrogen-bond donors (Lipinski definition) is 2. The second-order valence-electron chi connectivity index (χ2n) is 6.87. The first-order chi connectivity index (χ1) is 10.2. The molecule has 5 heteroatoms. The van der Waals surface area contributed by atoms with Crippen LogP contribution in [0, 0.1) is 0 Å². The predicted octanol–water partition coefficient (Wildman–Crippen LogP) is 1.02. The summed E-state index contributed by atoms with van der Waals surface area (Å²) in [6.07, 6.45) is 8.25. The number of likely N-dealkylation sites (N-methyl/N-ethyl adjacent to an activating group) is 1. The third-order valence-corrected chi connectivity index (χ3v) is 5.72. The van der Waals surface area contributed by atoms with Crippen LogP contribution in [0.3, 0.4) is 0 Å². The van der Waals surface area contributed by atoms with E-state index in [2.05, 4.69) is 10.2 Å². The van der Waals surface area contributed by atoms with Crippen molar-refractivity contribution in [3.8, 4) is 0 Å². The number of ether oxygens (including phenoxy) is 1. The van der Waals surface area contributed by atoms with Crippen molar-refractivity contribution in [2.45, 2.75) is 75.6 Å². The summed E-state index contributed by atoms with van der Waals surface area (Å²) in [4.78, 5) is 14.6. The van der Waals surface area contributed by atoms with Gasteiger partial charge in [-0.15, -0.1) is 0 Å². The first-order valence-electron chi connectivity index (χ1n) is 8.58. The fourth-order valence-electron chi connectivity index (χ4n) is 4.69. The zero-order valence-corrected chi connectivity index (χ0v) is 13.1. The number of nitrogens with two attached hydrogens (primary N) is 1. The van der Waals surface area contributed by atoms with Gasteiger partial charge in [-0.2, -0.15) is 0 Å². The zero-order valence-electron chi connectivity index (χ0n) is 13.1. The molecule has 21 heavy (non-hydrogen) atoms. The lowest BCUT2D eigenvalue weighted by Gasteiger charge is -2.47. The highest BCUT2D eigenvalue weighted by Gasteiger charge is 2.48. The Bertz CT molecular complexity index is 388. The highest BCUT2D eigenvalue weighted by atomic mass is 16.5. The summed E-state index contributed by atoms with van der Waals surface area (Å²) < 4.78 is 5.97. The van der Waals surface area contributed by atoms with Gasteiger partial charge in [0, 0.05) is 18.6 Å². The van der Waals surface area contributed by atoms with Gasteiger partial charge in [-0.05, 0) is 38.6 Å². The molecule has 120 valence electrons. The Hall–Kier alpha value is -0.650. The second-order valence-corrected chi connectivity index (χ2v) is 6.87. The van der Waals surface area contributed by atoms with Crippen LogP contribution in [0.1, 0.15) is 51.9 Å². The van der Waals surface area contributed by atoms with Crippen molar-refractivity contribution in [2.24, 2.45) is 5.73 Å². The van der Waals surface area contributed by atoms with Crippen molar-refractivity contribution < 1.29 is 9.53 Å². The van der Waals surface area contributed by atoms with Crippen LogP contribution < -0.4 is 11.1 Å². The average molecular weight is 295 g/mol. The van der Waals surface area contributed by atoms with Gasteiger partial charge in [0.1, 0.15) is 0 Å². The van der Waals surface area contributed by atoms with Crippen molar-refractivity contribution in [1.82, 2.24) is 10.2 Å². The van der Waals surface area contributed by atoms with E-state index in [1.54, 1.807) is 0 Å². The molecule has 0 aromatic carbocycles. The number of nitrogens with zero attached hydrogens (tertiary/aromatic N) is 1. The van der Waals surface area contributed by atoms with Crippen LogP contribution >= 0.6 is 0 Å². The first-order valence-corrected chi connectivity index (χ1v) is 8.58. The molecule has 4 unspecified atom stereocenters. The molecular weight excluding hydrogens is 266 g/mol. The van der Waals surface area contributed by atoms with Crippen LogP contribution in [0.25, 0.3) is 0 Å². The van der Waals surface area contributed by atoms with Crippen molar-refractivity contribution >= 4 is 5.91 Å². The summed E-state index contributed by atoms with van der Waals surface area (Å²) in [6, 6.07) is 1.04. The van der Waals surface area contributed by atoms with Gasteiger partial charge in [0.25, 0.3) is 0 Å². The molecule has 1 saturated heterocycles. The lowest BCUT2D eigenvalue weighted by molar-refractivity contribution is -0.125. The molecule has 3 rings (SSSR count). The molecule has 0 radical (unpaired) electrons. The van der Waals surface area contributed by atoms with E-state index in [1.807, 2.05) is 6.92 Å². The summed E-state index contributed by atoms with van der Waals surface area (Å²) in [5.41, 5.74) is 5.21. The molecule has 3 aliphatic rings. The van der Waals surface area contributed by atoms with Crippen LogP contribution in [0.5, 0.6) is 0 Å². The lowest BCUT2D eigenvalue weighted by Crippen LogP contribution is -2.58. The standard InChI is InChI=1S/C16H29N3O2/c1-2-18-16(15(17)20)8-7-12(11-16)19-9-10-21-14-6-4-3-5-13(14)19/h12-14,18H,2-11H2,1H3,(H2,17,20). The molecular formula is C16H29N3O2. The van der Waals surface area contributed by atoms with Crippen LogP contribution in [-0.4, -0.2) is 54.2 Å². The van der Waals surface area contributed by atoms with E-state index < -0.39 is 5.54 Å². The smallest absolute Gasteiger partial charge is 0.237 e. The minimum Gasteiger partial charge on any atom is -0.375 e. The third-order valence-electron chi connectivity index (χ3n) is 5.72. The van der Waals surface area contributed by atoms with Crippen LogP contribution in [0.4, 0.5) is 0 Å². The number of carbonyl (C=O) groups excluding carboxylic acids is 1. The normalized spacial score (nSPS) is 40.9. The average Bonchev–Trinajstić information content (AvgIpc) is 2.92. The number of amides is 1. The Morgan fingerprint density at radius 3 is 2.95 bits per heavy atom. The van der Waals surface area contributed by atoms with Gasteiger partial charge >= 0.3 is 0 Å². The van der Waals surface area contributed by atoms with E-state index in [-0.39, 0.29) is 5.91 Å². The van der Waals surface area contributed by atoms with E-state index in [4.69, 9.17) is 10.5 Å². The lowest BCUT2D eigenvalue weighted by atomic mass is 9.88. The maximum absolute atomic E-state index is 11.9. The zero-order chi connectivity index (χ0) is 14.9. The summed E-state index contributed by atoms with van der Waals surface area (Å²) >= 11 is 0. The van der Waals surface area contributed by atoms with Gasteiger partial charge < -0.3 is 15.8 Å². The van der Waals surface area contributed by atoms with Gasteiger partial charge in [-0.3, -0.25) is 9.69 Å². The van der Waals surface area contributed by atoms with Gasteiger partial charge in [0.15, 0.2) is 0 Å². The third kappa shape index (κ3) is 2.83. The SMILES string of the molecule is CCNC1(C(N)=O)CCC(N2CCOC3CCCCC32)C1. The highest BCUT2D eigenvalue weighted by Crippen LogP contribution is 2.38. The molecule has 1 aliphatic heterocycles. The largest absolute Gasteiger partial charge is 0.375 e. The Labute approximate surface area is 127 Å². The molecule has 3 N–H and O–H groups in total. The molecule has 0 spiro atoms. The van der Waals surface area contributed by atoms with Gasteiger partial charge in [0.05, 0.1) is 18.2 Å². The summed E-state index contributed by atoms with van der Waals surface area (Å²) in [5.74, 6) is -0.180. The minimum atomic E-state index is -0.484. The Kier molecular flexibility index (Phi) is 4.52.